The van der Waals surface area contributed by atoms with E-state index in [4.69, 9.17) is 9.47 Å². The second-order valence-corrected chi connectivity index (χ2v) is 5.65. The fourth-order valence-corrected chi connectivity index (χ4v) is 2.42. The summed E-state index contributed by atoms with van der Waals surface area (Å²) < 4.78 is 10.5. The van der Waals surface area contributed by atoms with Gasteiger partial charge in [0.25, 0.3) is 5.91 Å². The number of carbonyl (C=O) groups is 1. The molecule has 7 nitrogen and oxygen atoms in total. The Kier molecular flexibility index (Phi) is 4.94. The average Bonchev–Trinajstić information content (AvgIpc) is 3.12. The molecule has 1 aliphatic rings. The van der Waals surface area contributed by atoms with E-state index < -0.39 is 5.91 Å². The number of carbonyl (C=O) groups excluding carboxylic acids is 1. The summed E-state index contributed by atoms with van der Waals surface area (Å²) in [5, 5.41) is 21.3. The van der Waals surface area contributed by atoms with Gasteiger partial charge in [-0.2, -0.15) is 5.26 Å². The molecule has 2 N–H and O–H groups in total. The number of aromatic hydroxyl groups is 1. The number of nitriles is 1. The van der Waals surface area contributed by atoms with Gasteiger partial charge in [0.1, 0.15) is 17.4 Å². The van der Waals surface area contributed by atoms with Crippen LogP contribution < -0.4 is 19.7 Å². The lowest BCUT2D eigenvalue weighted by atomic mass is 10.2. The molecule has 7 heteroatoms. The van der Waals surface area contributed by atoms with Gasteiger partial charge in [-0.3, -0.25) is 4.79 Å². The number of phenols is 1. The standard InChI is InChI=1S/C19H17N3O4/c1-22(15-3-5-16(23)6-4-15)11-14(9-20)19(24)21-10-13-2-7-17-18(8-13)26-12-25-17/h2-8,11,23H,10,12H2,1H3,(H,21,24)/b14-11-. The summed E-state index contributed by atoms with van der Waals surface area (Å²) in [7, 11) is 1.72. The van der Waals surface area contributed by atoms with Crippen molar-refractivity contribution in [3.05, 3.63) is 59.8 Å². The number of hydrogen-bond acceptors (Lipinski definition) is 6. The first-order chi connectivity index (χ1) is 12.6. The van der Waals surface area contributed by atoms with E-state index in [1.807, 2.05) is 12.1 Å². The van der Waals surface area contributed by atoms with Crippen LogP contribution in [0.25, 0.3) is 0 Å². The lowest BCUT2D eigenvalue weighted by Gasteiger charge is -2.15. The van der Waals surface area contributed by atoms with Crippen molar-refractivity contribution < 1.29 is 19.4 Å². The Bertz CT molecular complexity index is 885. The summed E-state index contributed by atoms with van der Waals surface area (Å²) in [4.78, 5) is 13.9. The van der Waals surface area contributed by atoms with Crippen LogP contribution in [0.15, 0.2) is 54.2 Å². The predicted molar refractivity (Wildman–Crippen MR) is 94.6 cm³/mol. The van der Waals surface area contributed by atoms with Gasteiger partial charge in [-0.05, 0) is 42.0 Å². The van der Waals surface area contributed by atoms with Gasteiger partial charge in [-0.25, -0.2) is 0 Å². The van der Waals surface area contributed by atoms with Crippen LogP contribution in [0.1, 0.15) is 5.56 Å². The van der Waals surface area contributed by atoms with Gasteiger partial charge >= 0.3 is 0 Å². The molecule has 2 aromatic rings. The Morgan fingerprint density at radius 1 is 1.27 bits per heavy atom. The Balaban J connectivity index is 1.65. The van der Waals surface area contributed by atoms with Gasteiger partial charge in [0.05, 0.1) is 0 Å². The van der Waals surface area contributed by atoms with Crippen LogP contribution in [0.5, 0.6) is 17.2 Å². The van der Waals surface area contributed by atoms with Crippen LogP contribution in [0.4, 0.5) is 5.69 Å². The first-order valence-corrected chi connectivity index (χ1v) is 7.87. The summed E-state index contributed by atoms with van der Waals surface area (Å²) in [6.07, 6.45) is 1.45. The molecule has 26 heavy (non-hydrogen) atoms. The van der Waals surface area contributed by atoms with E-state index in [1.54, 1.807) is 36.2 Å². The molecule has 132 valence electrons. The van der Waals surface area contributed by atoms with Gasteiger partial charge in [0, 0.05) is 25.5 Å². The van der Waals surface area contributed by atoms with E-state index in [-0.39, 0.29) is 24.7 Å². The van der Waals surface area contributed by atoms with Gasteiger partial charge in [-0.15, -0.1) is 0 Å². The minimum Gasteiger partial charge on any atom is -0.508 e. The smallest absolute Gasteiger partial charge is 0.263 e. The SMILES string of the molecule is CN(/C=C(/C#N)C(=O)NCc1ccc2c(c1)OCO2)c1ccc(O)cc1. The maximum atomic E-state index is 12.3. The summed E-state index contributed by atoms with van der Waals surface area (Å²) in [5.41, 5.74) is 1.55. The van der Waals surface area contributed by atoms with Gasteiger partial charge in [0.15, 0.2) is 11.5 Å². The fourth-order valence-electron chi connectivity index (χ4n) is 2.42. The molecule has 0 bridgehead atoms. The Labute approximate surface area is 150 Å². The first-order valence-electron chi connectivity index (χ1n) is 7.87. The van der Waals surface area contributed by atoms with Crippen molar-refractivity contribution in [2.24, 2.45) is 0 Å². The lowest BCUT2D eigenvalue weighted by molar-refractivity contribution is -0.117. The monoisotopic (exact) mass is 351 g/mol. The zero-order chi connectivity index (χ0) is 18.5. The number of nitrogens with zero attached hydrogens (tertiary/aromatic N) is 2. The van der Waals surface area contributed by atoms with Gasteiger partial charge in [-0.1, -0.05) is 6.07 Å². The minimum atomic E-state index is -0.476. The third kappa shape index (κ3) is 3.87. The van der Waals surface area contributed by atoms with Crippen LogP contribution >= 0.6 is 0 Å². The molecule has 0 aliphatic carbocycles. The van der Waals surface area contributed by atoms with Crippen molar-refractivity contribution in [3.63, 3.8) is 0 Å². The molecular formula is C19H17N3O4. The zero-order valence-electron chi connectivity index (χ0n) is 14.1. The fraction of sp³-hybridized carbons (Fsp3) is 0.158. The normalized spacial score (nSPS) is 12.4. The highest BCUT2D eigenvalue weighted by atomic mass is 16.7. The quantitative estimate of drug-likeness (QED) is 0.634. The molecule has 0 atom stereocenters. The lowest BCUT2D eigenvalue weighted by Crippen LogP contribution is -2.25. The number of amides is 1. The molecule has 0 fully saturated rings. The Morgan fingerprint density at radius 2 is 2.00 bits per heavy atom. The van der Waals surface area contributed by atoms with E-state index in [1.165, 1.54) is 18.3 Å². The van der Waals surface area contributed by atoms with Gasteiger partial charge < -0.3 is 24.8 Å². The molecule has 1 heterocycles. The largest absolute Gasteiger partial charge is 0.508 e. The van der Waals surface area contributed by atoms with Crippen molar-refractivity contribution in [1.82, 2.24) is 5.32 Å². The van der Waals surface area contributed by atoms with E-state index in [0.717, 1.165) is 11.3 Å². The van der Waals surface area contributed by atoms with Crippen LogP contribution in [-0.2, 0) is 11.3 Å². The molecule has 0 aromatic heterocycles. The second-order valence-electron chi connectivity index (χ2n) is 5.65. The van der Waals surface area contributed by atoms with Gasteiger partial charge in [0.2, 0.25) is 6.79 Å². The van der Waals surface area contributed by atoms with Crippen LogP contribution in [0.3, 0.4) is 0 Å². The summed E-state index contributed by atoms with van der Waals surface area (Å²) >= 11 is 0. The number of phenolic OH excluding ortho intramolecular Hbond substituents is 1. The van der Waals surface area contributed by atoms with Crippen molar-refractivity contribution in [1.29, 1.82) is 5.26 Å². The Morgan fingerprint density at radius 3 is 2.73 bits per heavy atom. The Hall–Kier alpha value is -3.66. The van der Waals surface area contributed by atoms with Crippen LogP contribution in [-0.4, -0.2) is 24.9 Å². The maximum Gasteiger partial charge on any atom is 0.263 e. The number of rotatable bonds is 5. The third-order valence-electron chi connectivity index (χ3n) is 3.83. The first kappa shape index (κ1) is 17.2. The zero-order valence-corrected chi connectivity index (χ0v) is 14.1. The highest BCUT2D eigenvalue weighted by Gasteiger charge is 2.14. The maximum absolute atomic E-state index is 12.3. The van der Waals surface area contributed by atoms with Crippen molar-refractivity contribution >= 4 is 11.6 Å². The molecule has 0 saturated carbocycles. The number of ether oxygens (including phenoxy) is 2. The topological polar surface area (TPSA) is 94.8 Å². The third-order valence-corrected chi connectivity index (χ3v) is 3.83. The average molecular weight is 351 g/mol. The predicted octanol–water partition coefficient (Wildman–Crippen LogP) is 2.28. The highest BCUT2D eigenvalue weighted by molar-refractivity contribution is 5.97. The van der Waals surface area contributed by atoms with Crippen molar-refractivity contribution in [3.8, 4) is 23.3 Å². The van der Waals surface area contributed by atoms with E-state index in [2.05, 4.69) is 5.32 Å². The second kappa shape index (κ2) is 7.49. The molecule has 1 amide bonds. The molecular weight excluding hydrogens is 334 g/mol. The summed E-state index contributed by atoms with van der Waals surface area (Å²) in [6, 6.07) is 13.7. The molecule has 2 aromatic carbocycles. The molecule has 0 saturated heterocycles. The number of nitrogens with one attached hydrogen (secondary N) is 1. The summed E-state index contributed by atoms with van der Waals surface area (Å²) in [6.45, 7) is 0.452. The molecule has 0 spiro atoms. The van der Waals surface area contributed by atoms with Crippen LogP contribution in [0.2, 0.25) is 0 Å². The summed E-state index contributed by atoms with van der Waals surface area (Å²) in [5.74, 6) is 0.983. The highest BCUT2D eigenvalue weighted by Crippen LogP contribution is 2.32. The number of anilines is 1. The number of fused-ring (bicyclic) bond motifs is 1. The minimum absolute atomic E-state index is 0.0266. The number of benzene rings is 2. The van der Waals surface area contributed by atoms with Crippen molar-refractivity contribution in [2.75, 3.05) is 18.7 Å². The molecule has 1 aliphatic heterocycles. The number of hydrogen-bond donors (Lipinski definition) is 2. The van der Waals surface area contributed by atoms with Crippen molar-refractivity contribution in [2.45, 2.75) is 6.54 Å². The van der Waals surface area contributed by atoms with E-state index >= 15 is 0 Å². The molecule has 0 unspecified atom stereocenters. The van der Waals surface area contributed by atoms with Crippen LogP contribution in [0, 0.1) is 11.3 Å². The van der Waals surface area contributed by atoms with E-state index in [9.17, 15) is 15.2 Å². The van der Waals surface area contributed by atoms with E-state index in [0.29, 0.717) is 11.5 Å². The molecule has 0 radical (unpaired) electrons. The molecule has 3 rings (SSSR count).